The summed E-state index contributed by atoms with van der Waals surface area (Å²) in [4.78, 5) is 4.90. The van der Waals surface area contributed by atoms with E-state index in [1.54, 1.807) is 10.7 Å². The second-order valence-corrected chi connectivity index (χ2v) is 7.37. The van der Waals surface area contributed by atoms with Crippen molar-refractivity contribution >= 4 is 11.2 Å². The molecule has 2 aromatic rings. The molecule has 3 atom stereocenters. The van der Waals surface area contributed by atoms with Gasteiger partial charge < -0.3 is 15.0 Å². The Morgan fingerprint density at radius 1 is 1.31 bits per heavy atom. The van der Waals surface area contributed by atoms with Gasteiger partial charge in [-0.3, -0.25) is 4.90 Å². The zero-order valence-corrected chi connectivity index (χ0v) is 15.4. The Morgan fingerprint density at radius 2 is 2.19 bits per heavy atom. The summed E-state index contributed by atoms with van der Waals surface area (Å²) in [5.74, 6) is 0. The Bertz CT molecular complexity index is 812. The molecular weight excluding hydrogens is 328 g/mol. The van der Waals surface area contributed by atoms with Crippen molar-refractivity contribution in [2.24, 2.45) is 0 Å². The molecule has 1 N–H and O–H groups in total. The predicted octanol–water partition coefficient (Wildman–Crippen LogP) is 1.09. The molecule has 0 radical (unpaired) electrons. The maximum Gasteiger partial charge on any atom is 0.142 e. The summed E-state index contributed by atoms with van der Waals surface area (Å²) in [5.41, 5.74) is 2.66. The van der Waals surface area contributed by atoms with E-state index in [4.69, 9.17) is 4.74 Å². The van der Waals surface area contributed by atoms with E-state index in [-0.39, 0.29) is 12.2 Å². The summed E-state index contributed by atoms with van der Waals surface area (Å²) in [5, 5.41) is 17.0. The molecule has 0 amide bonds. The van der Waals surface area contributed by atoms with Gasteiger partial charge in [0, 0.05) is 45.3 Å². The molecule has 0 bridgehead atoms. The van der Waals surface area contributed by atoms with Gasteiger partial charge in [-0.15, -0.1) is 0 Å². The second-order valence-electron chi connectivity index (χ2n) is 7.37. The van der Waals surface area contributed by atoms with Gasteiger partial charge in [-0.2, -0.15) is 10.4 Å². The van der Waals surface area contributed by atoms with Gasteiger partial charge in [0.15, 0.2) is 0 Å². The smallest absolute Gasteiger partial charge is 0.142 e. The number of nitriles is 1. The second kappa shape index (κ2) is 7.23. The standard InChI is InChI=1S/C19H26N6O/c1-14-10-21-7-8-23(14)12-17-13-24(11-15(2)26-17)18-4-3-16(9-20)25-19(18)5-6-22-25/h3-6,14-15,17,21H,7-8,10-13H2,1-2H3/t14?,15-,17+/m1/s1. The summed E-state index contributed by atoms with van der Waals surface area (Å²) in [6.45, 7) is 10.2. The lowest BCUT2D eigenvalue weighted by Gasteiger charge is -2.42. The lowest BCUT2D eigenvalue weighted by atomic mass is 10.1. The van der Waals surface area contributed by atoms with Crippen LogP contribution in [0, 0.1) is 11.3 Å². The van der Waals surface area contributed by atoms with Crippen molar-refractivity contribution in [2.75, 3.05) is 44.2 Å². The van der Waals surface area contributed by atoms with Crippen LogP contribution >= 0.6 is 0 Å². The molecule has 0 spiro atoms. The Labute approximate surface area is 154 Å². The van der Waals surface area contributed by atoms with Crippen LogP contribution in [0.4, 0.5) is 5.69 Å². The minimum Gasteiger partial charge on any atom is -0.370 e. The van der Waals surface area contributed by atoms with Gasteiger partial charge >= 0.3 is 0 Å². The predicted molar refractivity (Wildman–Crippen MR) is 100 cm³/mol. The summed E-state index contributed by atoms with van der Waals surface area (Å²) in [7, 11) is 0. The topological polar surface area (TPSA) is 68.8 Å². The molecule has 2 aromatic heterocycles. The lowest BCUT2D eigenvalue weighted by molar-refractivity contribution is -0.0393. The van der Waals surface area contributed by atoms with E-state index in [9.17, 15) is 5.26 Å². The minimum atomic E-state index is 0.172. The van der Waals surface area contributed by atoms with Crippen LogP contribution in [-0.4, -0.2) is 72.0 Å². The van der Waals surface area contributed by atoms with E-state index >= 15 is 0 Å². The summed E-state index contributed by atoms with van der Waals surface area (Å²) in [6, 6.07) is 8.61. The van der Waals surface area contributed by atoms with E-state index in [2.05, 4.69) is 40.1 Å². The Kier molecular flexibility index (Phi) is 4.81. The molecule has 7 nitrogen and oxygen atoms in total. The van der Waals surface area contributed by atoms with E-state index in [0.29, 0.717) is 11.7 Å². The van der Waals surface area contributed by atoms with Crippen molar-refractivity contribution < 1.29 is 4.74 Å². The fraction of sp³-hybridized carbons (Fsp3) is 0.579. The molecule has 0 aromatic carbocycles. The highest BCUT2D eigenvalue weighted by molar-refractivity contribution is 5.74. The SMILES string of the molecule is CC1CNCCN1C[C@H]1CN(c2ccc(C#N)n3nccc23)C[C@@H](C)O1. The first kappa shape index (κ1) is 17.3. The summed E-state index contributed by atoms with van der Waals surface area (Å²) in [6.07, 6.45) is 2.10. The molecule has 2 fully saturated rings. The van der Waals surface area contributed by atoms with Gasteiger partial charge in [0.2, 0.25) is 0 Å². The third-order valence-corrected chi connectivity index (χ3v) is 5.39. The maximum atomic E-state index is 9.29. The number of anilines is 1. The number of nitrogens with one attached hydrogen (secondary N) is 1. The monoisotopic (exact) mass is 354 g/mol. The largest absolute Gasteiger partial charge is 0.370 e. The van der Waals surface area contributed by atoms with Crippen LogP contribution in [0.3, 0.4) is 0 Å². The van der Waals surface area contributed by atoms with Crippen LogP contribution in [0.1, 0.15) is 19.5 Å². The summed E-state index contributed by atoms with van der Waals surface area (Å²) < 4.78 is 7.97. The van der Waals surface area contributed by atoms with Crippen LogP contribution in [0.25, 0.3) is 5.52 Å². The molecule has 138 valence electrons. The van der Waals surface area contributed by atoms with E-state index in [1.165, 1.54) is 0 Å². The molecule has 26 heavy (non-hydrogen) atoms. The first-order valence-corrected chi connectivity index (χ1v) is 9.37. The molecule has 4 rings (SSSR count). The van der Waals surface area contributed by atoms with Crippen LogP contribution in [0.15, 0.2) is 24.4 Å². The van der Waals surface area contributed by atoms with Crippen molar-refractivity contribution in [1.29, 1.82) is 5.26 Å². The van der Waals surface area contributed by atoms with Crippen LogP contribution in [-0.2, 0) is 4.74 Å². The summed E-state index contributed by atoms with van der Waals surface area (Å²) >= 11 is 0. The maximum absolute atomic E-state index is 9.29. The van der Waals surface area contributed by atoms with Gasteiger partial charge in [-0.1, -0.05) is 0 Å². The number of pyridine rings is 1. The number of nitrogens with zero attached hydrogens (tertiary/aromatic N) is 5. The quantitative estimate of drug-likeness (QED) is 0.890. The molecule has 7 heteroatoms. The highest BCUT2D eigenvalue weighted by Gasteiger charge is 2.30. The van der Waals surface area contributed by atoms with Crippen molar-refractivity contribution in [2.45, 2.75) is 32.1 Å². The molecule has 2 aliphatic rings. The zero-order chi connectivity index (χ0) is 18.1. The Morgan fingerprint density at radius 3 is 3.00 bits per heavy atom. The normalized spacial score (nSPS) is 27.6. The van der Waals surface area contributed by atoms with Crippen LogP contribution in [0.2, 0.25) is 0 Å². The molecule has 4 heterocycles. The number of ether oxygens (including phenoxy) is 1. The van der Waals surface area contributed by atoms with Crippen LogP contribution < -0.4 is 10.2 Å². The molecule has 2 aliphatic heterocycles. The first-order chi connectivity index (χ1) is 12.7. The fourth-order valence-electron chi connectivity index (χ4n) is 4.11. The number of hydrogen-bond donors (Lipinski definition) is 1. The van der Waals surface area contributed by atoms with E-state index in [0.717, 1.165) is 50.5 Å². The molecule has 2 saturated heterocycles. The first-order valence-electron chi connectivity index (χ1n) is 9.37. The number of fused-ring (bicyclic) bond motifs is 1. The number of hydrogen-bond acceptors (Lipinski definition) is 6. The molecule has 1 unspecified atom stereocenters. The molecule has 0 saturated carbocycles. The highest BCUT2D eigenvalue weighted by Crippen LogP contribution is 2.26. The van der Waals surface area contributed by atoms with Crippen molar-refractivity contribution in [1.82, 2.24) is 19.8 Å². The average molecular weight is 354 g/mol. The molecule has 0 aliphatic carbocycles. The lowest BCUT2D eigenvalue weighted by Crippen LogP contribution is -2.56. The molecular formula is C19H26N6O. The Hall–Kier alpha value is -2.14. The van der Waals surface area contributed by atoms with Crippen LogP contribution in [0.5, 0.6) is 0 Å². The van der Waals surface area contributed by atoms with Gasteiger partial charge in [-0.05, 0) is 32.0 Å². The third-order valence-electron chi connectivity index (χ3n) is 5.39. The average Bonchev–Trinajstić information content (AvgIpc) is 3.12. The van der Waals surface area contributed by atoms with E-state index in [1.807, 2.05) is 18.2 Å². The zero-order valence-electron chi connectivity index (χ0n) is 15.4. The number of morpholine rings is 1. The fourth-order valence-corrected chi connectivity index (χ4v) is 4.11. The van der Waals surface area contributed by atoms with Crippen molar-refractivity contribution in [3.63, 3.8) is 0 Å². The number of aromatic nitrogens is 2. The van der Waals surface area contributed by atoms with Gasteiger partial charge in [-0.25, -0.2) is 4.52 Å². The van der Waals surface area contributed by atoms with Crippen molar-refractivity contribution in [3.8, 4) is 6.07 Å². The van der Waals surface area contributed by atoms with Gasteiger partial charge in [0.05, 0.1) is 29.6 Å². The van der Waals surface area contributed by atoms with Gasteiger partial charge in [0.25, 0.3) is 0 Å². The third kappa shape index (κ3) is 3.28. The van der Waals surface area contributed by atoms with E-state index < -0.39 is 0 Å². The Balaban J connectivity index is 1.55. The number of rotatable bonds is 3. The highest BCUT2D eigenvalue weighted by atomic mass is 16.5. The van der Waals surface area contributed by atoms with Gasteiger partial charge in [0.1, 0.15) is 11.8 Å². The van der Waals surface area contributed by atoms with Crippen molar-refractivity contribution in [3.05, 3.63) is 30.1 Å². The minimum absolute atomic E-state index is 0.172. The number of piperazine rings is 1.